The Bertz CT molecular complexity index is 630. The summed E-state index contributed by atoms with van der Waals surface area (Å²) >= 11 is 11.7. The lowest BCUT2D eigenvalue weighted by Crippen LogP contribution is -2.24. The van der Waals surface area contributed by atoms with Crippen molar-refractivity contribution in [3.8, 4) is 5.88 Å². The third-order valence-corrected chi connectivity index (χ3v) is 3.58. The van der Waals surface area contributed by atoms with E-state index in [4.69, 9.17) is 27.9 Å². The SMILES string of the molecule is COc1ccc(CNC(=O)Cc2ccc(Cl)c(Cl)c2)cn1. The molecule has 0 saturated carbocycles. The number of aromatic nitrogens is 1. The third-order valence-electron chi connectivity index (χ3n) is 2.85. The van der Waals surface area contributed by atoms with Gasteiger partial charge in [0.25, 0.3) is 0 Å². The second kappa shape index (κ2) is 7.29. The summed E-state index contributed by atoms with van der Waals surface area (Å²) in [4.78, 5) is 15.9. The number of rotatable bonds is 5. The fraction of sp³-hybridized carbons (Fsp3) is 0.200. The first-order chi connectivity index (χ1) is 10.1. The van der Waals surface area contributed by atoms with Crippen LogP contribution in [-0.4, -0.2) is 18.0 Å². The Morgan fingerprint density at radius 2 is 1.95 bits per heavy atom. The molecular weight excluding hydrogens is 311 g/mol. The highest BCUT2D eigenvalue weighted by Gasteiger charge is 2.06. The molecule has 0 aliphatic rings. The molecule has 110 valence electrons. The number of carbonyl (C=O) groups excluding carboxylic acids is 1. The number of amides is 1. The molecule has 0 saturated heterocycles. The van der Waals surface area contributed by atoms with Gasteiger partial charge in [-0.15, -0.1) is 0 Å². The standard InChI is InChI=1S/C15H14Cl2N2O2/c1-21-15-5-3-11(9-19-15)8-18-14(20)7-10-2-4-12(16)13(17)6-10/h2-6,9H,7-8H2,1H3,(H,18,20). The molecule has 0 atom stereocenters. The molecule has 4 nitrogen and oxygen atoms in total. The Morgan fingerprint density at radius 1 is 1.19 bits per heavy atom. The van der Waals surface area contributed by atoms with E-state index < -0.39 is 0 Å². The lowest BCUT2D eigenvalue weighted by Gasteiger charge is -2.06. The van der Waals surface area contributed by atoms with E-state index >= 15 is 0 Å². The molecule has 0 radical (unpaired) electrons. The minimum absolute atomic E-state index is 0.0933. The van der Waals surface area contributed by atoms with Gasteiger partial charge in [-0.3, -0.25) is 4.79 Å². The summed E-state index contributed by atoms with van der Waals surface area (Å²) < 4.78 is 4.97. The summed E-state index contributed by atoms with van der Waals surface area (Å²) in [6.45, 7) is 0.414. The van der Waals surface area contributed by atoms with Crippen LogP contribution in [0.3, 0.4) is 0 Å². The number of methoxy groups -OCH3 is 1. The molecule has 1 aromatic carbocycles. The lowest BCUT2D eigenvalue weighted by atomic mass is 10.1. The summed E-state index contributed by atoms with van der Waals surface area (Å²) in [5.74, 6) is 0.449. The van der Waals surface area contributed by atoms with Gasteiger partial charge in [0.15, 0.2) is 0 Å². The predicted molar refractivity (Wildman–Crippen MR) is 82.8 cm³/mol. The van der Waals surface area contributed by atoms with Gasteiger partial charge in [-0.2, -0.15) is 0 Å². The van der Waals surface area contributed by atoms with Gasteiger partial charge in [0.1, 0.15) is 0 Å². The zero-order valence-electron chi connectivity index (χ0n) is 11.4. The minimum atomic E-state index is -0.0933. The van der Waals surface area contributed by atoms with Crippen molar-refractivity contribution in [3.63, 3.8) is 0 Å². The van der Waals surface area contributed by atoms with Crippen molar-refractivity contribution in [3.05, 3.63) is 57.7 Å². The first-order valence-electron chi connectivity index (χ1n) is 6.28. The summed E-state index contributed by atoms with van der Waals surface area (Å²) in [6, 6.07) is 8.76. The molecule has 1 heterocycles. The van der Waals surface area contributed by atoms with E-state index in [9.17, 15) is 4.79 Å². The fourth-order valence-corrected chi connectivity index (χ4v) is 2.06. The maximum absolute atomic E-state index is 11.9. The second-order valence-electron chi connectivity index (χ2n) is 4.41. The molecule has 1 amide bonds. The average Bonchev–Trinajstić information content (AvgIpc) is 2.49. The number of pyridine rings is 1. The molecule has 21 heavy (non-hydrogen) atoms. The Kier molecular flexibility index (Phi) is 5.42. The van der Waals surface area contributed by atoms with Gasteiger partial charge >= 0.3 is 0 Å². The maximum Gasteiger partial charge on any atom is 0.224 e. The quantitative estimate of drug-likeness (QED) is 0.918. The van der Waals surface area contributed by atoms with Crippen LogP contribution in [0.15, 0.2) is 36.5 Å². The van der Waals surface area contributed by atoms with Gasteiger partial charge < -0.3 is 10.1 Å². The highest BCUT2D eigenvalue weighted by atomic mass is 35.5. The van der Waals surface area contributed by atoms with Crippen LogP contribution < -0.4 is 10.1 Å². The maximum atomic E-state index is 11.9. The fourth-order valence-electron chi connectivity index (χ4n) is 1.73. The number of hydrogen-bond donors (Lipinski definition) is 1. The highest BCUT2D eigenvalue weighted by Crippen LogP contribution is 2.22. The van der Waals surface area contributed by atoms with Crippen molar-refractivity contribution in [2.75, 3.05) is 7.11 Å². The van der Waals surface area contributed by atoms with Gasteiger partial charge in [-0.25, -0.2) is 4.98 Å². The lowest BCUT2D eigenvalue weighted by molar-refractivity contribution is -0.120. The predicted octanol–water partition coefficient (Wildman–Crippen LogP) is 3.26. The van der Waals surface area contributed by atoms with Crippen molar-refractivity contribution in [2.45, 2.75) is 13.0 Å². The van der Waals surface area contributed by atoms with Crippen molar-refractivity contribution < 1.29 is 9.53 Å². The average molecular weight is 325 g/mol. The molecule has 1 N–H and O–H groups in total. The van der Waals surface area contributed by atoms with Crippen LogP contribution in [-0.2, 0) is 17.8 Å². The Hall–Kier alpha value is -1.78. The van der Waals surface area contributed by atoms with Crippen LogP contribution in [0.25, 0.3) is 0 Å². The molecule has 0 aliphatic heterocycles. The summed E-state index contributed by atoms with van der Waals surface area (Å²) in [7, 11) is 1.56. The van der Waals surface area contributed by atoms with Crippen LogP contribution in [0, 0.1) is 0 Å². The van der Waals surface area contributed by atoms with E-state index in [0.29, 0.717) is 22.5 Å². The third kappa shape index (κ3) is 4.62. The summed E-state index contributed by atoms with van der Waals surface area (Å²) in [6.07, 6.45) is 1.92. The van der Waals surface area contributed by atoms with E-state index in [2.05, 4.69) is 10.3 Å². The number of benzene rings is 1. The molecular formula is C15H14Cl2N2O2. The van der Waals surface area contributed by atoms with Crippen molar-refractivity contribution in [1.82, 2.24) is 10.3 Å². The monoisotopic (exact) mass is 324 g/mol. The van der Waals surface area contributed by atoms with E-state index in [0.717, 1.165) is 11.1 Å². The molecule has 1 aromatic heterocycles. The van der Waals surface area contributed by atoms with Gasteiger partial charge in [-0.05, 0) is 23.3 Å². The zero-order chi connectivity index (χ0) is 15.2. The number of nitrogens with one attached hydrogen (secondary N) is 1. The number of carbonyl (C=O) groups is 1. The van der Waals surface area contributed by atoms with Crippen molar-refractivity contribution >= 4 is 29.1 Å². The van der Waals surface area contributed by atoms with Crippen LogP contribution in [0.2, 0.25) is 10.0 Å². The molecule has 0 aliphatic carbocycles. The zero-order valence-corrected chi connectivity index (χ0v) is 12.9. The molecule has 0 unspecified atom stereocenters. The van der Waals surface area contributed by atoms with Gasteiger partial charge in [0.2, 0.25) is 11.8 Å². The van der Waals surface area contributed by atoms with Crippen LogP contribution in [0.5, 0.6) is 5.88 Å². The van der Waals surface area contributed by atoms with Crippen LogP contribution >= 0.6 is 23.2 Å². The van der Waals surface area contributed by atoms with Gasteiger partial charge in [0, 0.05) is 18.8 Å². The van der Waals surface area contributed by atoms with E-state index in [-0.39, 0.29) is 12.3 Å². The normalized spacial score (nSPS) is 10.2. The highest BCUT2D eigenvalue weighted by molar-refractivity contribution is 6.42. The Morgan fingerprint density at radius 3 is 2.57 bits per heavy atom. The van der Waals surface area contributed by atoms with E-state index in [1.54, 1.807) is 37.6 Å². The first kappa shape index (κ1) is 15.6. The smallest absolute Gasteiger partial charge is 0.224 e. The number of nitrogens with zero attached hydrogens (tertiary/aromatic N) is 1. The topological polar surface area (TPSA) is 51.2 Å². The molecule has 2 rings (SSSR count). The molecule has 0 bridgehead atoms. The number of ether oxygens (including phenoxy) is 1. The Labute approximate surface area is 133 Å². The van der Waals surface area contributed by atoms with Gasteiger partial charge in [0.05, 0.1) is 23.6 Å². The molecule has 2 aromatic rings. The van der Waals surface area contributed by atoms with E-state index in [1.807, 2.05) is 6.07 Å². The molecule has 0 fully saturated rings. The van der Waals surface area contributed by atoms with Crippen LogP contribution in [0.4, 0.5) is 0 Å². The number of halogens is 2. The molecule has 6 heteroatoms. The minimum Gasteiger partial charge on any atom is -0.481 e. The first-order valence-corrected chi connectivity index (χ1v) is 7.03. The summed E-state index contributed by atoms with van der Waals surface area (Å²) in [5, 5.41) is 3.75. The second-order valence-corrected chi connectivity index (χ2v) is 5.23. The van der Waals surface area contributed by atoms with Crippen molar-refractivity contribution in [1.29, 1.82) is 0 Å². The largest absolute Gasteiger partial charge is 0.481 e. The van der Waals surface area contributed by atoms with E-state index in [1.165, 1.54) is 0 Å². The Balaban J connectivity index is 1.87. The van der Waals surface area contributed by atoms with Crippen LogP contribution in [0.1, 0.15) is 11.1 Å². The van der Waals surface area contributed by atoms with Gasteiger partial charge in [-0.1, -0.05) is 35.3 Å². The van der Waals surface area contributed by atoms with Crippen molar-refractivity contribution in [2.24, 2.45) is 0 Å². The number of hydrogen-bond acceptors (Lipinski definition) is 3. The molecule has 0 spiro atoms. The summed E-state index contributed by atoms with van der Waals surface area (Å²) in [5.41, 5.74) is 1.72.